The lowest BCUT2D eigenvalue weighted by Gasteiger charge is -2.09. The maximum absolute atomic E-state index is 11.7. The number of hydrogen-bond acceptors (Lipinski definition) is 5. The lowest BCUT2D eigenvalue weighted by molar-refractivity contribution is -0.125. The lowest BCUT2D eigenvalue weighted by atomic mass is 10.2. The smallest absolute Gasteiger partial charge is 0.232 e. The summed E-state index contributed by atoms with van der Waals surface area (Å²) in [4.78, 5) is 24.4. The lowest BCUT2D eigenvalue weighted by Crippen LogP contribution is -2.23. The number of aromatic nitrogens is 3. The predicted molar refractivity (Wildman–Crippen MR) is 90.2 cm³/mol. The summed E-state index contributed by atoms with van der Waals surface area (Å²) in [5.41, 5.74) is 1.55. The van der Waals surface area contributed by atoms with Crippen LogP contribution in [-0.4, -0.2) is 51.3 Å². The molecular formula is C15H19N5O2S. The van der Waals surface area contributed by atoms with E-state index in [0.717, 1.165) is 5.56 Å². The second-order valence-electron chi connectivity index (χ2n) is 5.20. The quantitative estimate of drug-likeness (QED) is 0.841. The van der Waals surface area contributed by atoms with Crippen LogP contribution in [0.3, 0.4) is 0 Å². The van der Waals surface area contributed by atoms with Gasteiger partial charge in [0.2, 0.25) is 11.8 Å². The van der Waals surface area contributed by atoms with Gasteiger partial charge in [-0.1, -0.05) is 23.9 Å². The number of rotatable bonds is 5. The van der Waals surface area contributed by atoms with E-state index < -0.39 is 0 Å². The maximum atomic E-state index is 11.7. The van der Waals surface area contributed by atoms with Crippen LogP contribution >= 0.6 is 11.8 Å². The number of thioether (sulfide) groups is 1. The van der Waals surface area contributed by atoms with Crippen molar-refractivity contribution in [2.45, 2.75) is 12.1 Å². The number of hydrogen-bond donors (Lipinski definition) is 1. The van der Waals surface area contributed by atoms with Gasteiger partial charge in [-0.2, -0.15) is 0 Å². The van der Waals surface area contributed by atoms with Gasteiger partial charge in [-0.3, -0.25) is 9.59 Å². The van der Waals surface area contributed by atoms with E-state index in [1.54, 1.807) is 19.0 Å². The average Bonchev–Trinajstić information content (AvgIpc) is 2.85. The molecular weight excluding hydrogens is 314 g/mol. The van der Waals surface area contributed by atoms with Crippen LogP contribution < -0.4 is 5.32 Å². The fourth-order valence-electron chi connectivity index (χ4n) is 1.89. The number of nitrogens with zero attached hydrogens (tertiary/aromatic N) is 4. The van der Waals surface area contributed by atoms with Crippen molar-refractivity contribution in [1.29, 1.82) is 0 Å². The molecule has 1 aromatic carbocycles. The molecule has 2 rings (SSSR count). The van der Waals surface area contributed by atoms with E-state index >= 15 is 0 Å². The highest BCUT2D eigenvalue weighted by atomic mass is 32.2. The standard InChI is InChI=1S/C15H19N5O2S/c1-10(21)16-12-7-5-6-11(8-12)14-17-18-15(20(14)4)23-9-13(22)19(2)3/h5-8H,9H2,1-4H3,(H,16,21). The summed E-state index contributed by atoms with van der Waals surface area (Å²) >= 11 is 1.34. The Morgan fingerprint density at radius 3 is 2.70 bits per heavy atom. The van der Waals surface area contributed by atoms with E-state index in [1.807, 2.05) is 35.9 Å². The third kappa shape index (κ3) is 4.32. The SMILES string of the molecule is CC(=O)Nc1cccc(-c2nnc(SCC(=O)N(C)C)n2C)c1. The van der Waals surface area contributed by atoms with E-state index in [-0.39, 0.29) is 11.8 Å². The number of anilines is 1. The van der Waals surface area contributed by atoms with Crippen LogP contribution in [0.5, 0.6) is 0 Å². The van der Waals surface area contributed by atoms with Gasteiger partial charge >= 0.3 is 0 Å². The molecule has 0 fully saturated rings. The highest BCUT2D eigenvalue weighted by molar-refractivity contribution is 7.99. The highest BCUT2D eigenvalue weighted by Crippen LogP contribution is 2.24. The van der Waals surface area contributed by atoms with Gasteiger partial charge in [0, 0.05) is 39.3 Å². The molecule has 0 spiro atoms. The molecule has 2 aromatic rings. The van der Waals surface area contributed by atoms with Gasteiger partial charge in [-0.15, -0.1) is 10.2 Å². The van der Waals surface area contributed by atoms with Gasteiger partial charge in [0.15, 0.2) is 11.0 Å². The van der Waals surface area contributed by atoms with Gasteiger partial charge in [0.25, 0.3) is 0 Å². The third-order valence-corrected chi connectivity index (χ3v) is 4.10. The molecule has 1 aromatic heterocycles. The Morgan fingerprint density at radius 2 is 2.04 bits per heavy atom. The molecule has 1 N–H and O–H groups in total. The fourth-order valence-corrected chi connectivity index (χ4v) is 2.78. The molecule has 0 bridgehead atoms. The van der Waals surface area contributed by atoms with Crippen molar-refractivity contribution in [3.63, 3.8) is 0 Å². The zero-order valence-electron chi connectivity index (χ0n) is 13.5. The molecule has 122 valence electrons. The number of benzene rings is 1. The molecule has 1 heterocycles. The second kappa shape index (κ2) is 7.28. The largest absolute Gasteiger partial charge is 0.348 e. The highest BCUT2D eigenvalue weighted by Gasteiger charge is 2.14. The maximum Gasteiger partial charge on any atom is 0.232 e. The number of nitrogens with one attached hydrogen (secondary N) is 1. The van der Waals surface area contributed by atoms with Crippen molar-refractivity contribution in [2.75, 3.05) is 25.2 Å². The van der Waals surface area contributed by atoms with Crippen LogP contribution in [-0.2, 0) is 16.6 Å². The minimum atomic E-state index is -0.126. The van der Waals surface area contributed by atoms with Crippen molar-refractivity contribution in [1.82, 2.24) is 19.7 Å². The summed E-state index contributed by atoms with van der Waals surface area (Å²) in [6, 6.07) is 7.39. The molecule has 0 saturated carbocycles. The first kappa shape index (κ1) is 17.0. The first-order chi connectivity index (χ1) is 10.9. The van der Waals surface area contributed by atoms with Crippen molar-refractivity contribution >= 4 is 29.3 Å². The molecule has 0 atom stereocenters. The van der Waals surface area contributed by atoms with E-state index in [0.29, 0.717) is 22.4 Å². The average molecular weight is 333 g/mol. The number of carbonyl (C=O) groups is 2. The molecule has 0 unspecified atom stereocenters. The second-order valence-corrected chi connectivity index (χ2v) is 6.15. The van der Waals surface area contributed by atoms with Gasteiger partial charge in [-0.05, 0) is 12.1 Å². The van der Waals surface area contributed by atoms with E-state index in [9.17, 15) is 9.59 Å². The Labute approximate surface area is 139 Å². The number of amides is 2. The van der Waals surface area contributed by atoms with Crippen LogP contribution in [0.1, 0.15) is 6.92 Å². The number of carbonyl (C=O) groups excluding carboxylic acids is 2. The van der Waals surface area contributed by atoms with E-state index in [2.05, 4.69) is 15.5 Å². The Balaban J connectivity index is 2.18. The summed E-state index contributed by atoms with van der Waals surface area (Å²) in [7, 11) is 5.29. The first-order valence-corrected chi connectivity index (χ1v) is 7.97. The molecule has 23 heavy (non-hydrogen) atoms. The van der Waals surface area contributed by atoms with E-state index in [1.165, 1.54) is 18.7 Å². The summed E-state index contributed by atoms with van der Waals surface area (Å²) in [6.07, 6.45) is 0. The van der Waals surface area contributed by atoms with Crippen molar-refractivity contribution < 1.29 is 9.59 Å². The Bertz CT molecular complexity index is 726. The van der Waals surface area contributed by atoms with Crippen molar-refractivity contribution in [3.05, 3.63) is 24.3 Å². The molecule has 0 aliphatic carbocycles. The predicted octanol–water partition coefficient (Wildman–Crippen LogP) is 1.62. The fraction of sp³-hybridized carbons (Fsp3) is 0.333. The van der Waals surface area contributed by atoms with Crippen LogP contribution in [0.4, 0.5) is 5.69 Å². The van der Waals surface area contributed by atoms with Gasteiger partial charge in [0.1, 0.15) is 0 Å². The normalized spacial score (nSPS) is 10.4. The van der Waals surface area contributed by atoms with E-state index in [4.69, 9.17) is 0 Å². The van der Waals surface area contributed by atoms with Gasteiger partial charge in [-0.25, -0.2) is 0 Å². The summed E-state index contributed by atoms with van der Waals surface area (Å²) in [6.45, 7) is 1.46. The molecule has 7 nitrogen and oxygen atoms in total. The minimum Gasteiger partial charge on any atom is -0.348 e. The van der Waals surface area contributed by atoms with Crippen LogP contribution in [0.25, 0.3) is 11.4 Å². The zero-order valence-corrected chi connectivity index (χ0v) is 14.3. The molecule has 0 aliphatic heterocycles. The third-order valence-electron chi connectivity index (χ3n) is 3.10. The van der Waals surface area contributed by atoms with Crippen molar-refractivity contribution in [2.24, 2.45) is 7.05 Å². The van der Waals surface area contributed by atoms with Crippen LogP contribution in [0.2, 0.25) is 0 Å². The Kier molecular flexibility index (Phi) is 5.38. The molecule has 0 aliphatic rings. The topological polar surface area (TPSA) is 80.1 Å². The first-order valence-electron chi connectivity index (χ1n) is 6.99. The molecule has 0 radical (unpaired) electrons. The Hall–Kier alpha value is -2.35. The summed E-state index contributed by atoms with van der Waals surface area (Å²) < 4.78 is 1.83. The monoisotopic (exact) mass is 333 g/mol. The van der Waals surface area contributed by atoms with Gasteiger partial charge in [0.05, 0.1) is 5.75 Å². The molecule has 2 amide bonds. The molecule has 0 saturated heterocycles. The van der Waals surface area contributed by atoms with Crippen LogP contribution in [0.15, 0.2) is 29.4 Å². The van der Waals surface area contributed by atoms with Crippen molar-refractivity contribution in [3.8, 4) is 11.4 Å². The van der Waals surface area contributed by atoms with Crippen LogP contribution in [0, 0.1) is 0 Å². The summed E-state index contributed by atoms with van der Waals surface area (Å²) in [5, 5.41) is 11.7. The minimum absolute atomic E-state index is 0.0206. The molecule has 8 heteroatoms. The van der Waals surface area contributed by atoms with Gasteiger partial charge < -0.3 is 14.8 Å². The zero-order chi connectivity index (χ0) is 17.0. The summed E-state index contributed by atoms with van der Waals surface area (Å²) in [5.74, 6) is 0.882. The Morgan fingerprint density at radius 1 is 1.30 bits per heavy atom.